The molecule has 0 spiro atoms. The molecule has 1 atom stereocenters. The summed E-state index contributed by atoms with van der Waals surface area (Å²) in [6, 6.07) is 4.95. The number of benzene rings is 1. The molecule has 6 nitrogen and oxygen atoms in total. The van der Waals surface area contributed by atoms with Crippen LogP contribution >= 0.6 is 0 Å². The molecule has 23 heavy (non-hydrogen) atoms. The monoisotopic (exact) mass is 318 g/mol. The summed E-state index contributed by atoms with van der Waals surface area (Å²) in [6.45, 7) is 2.84. The van der Waals surface area contributed by atoms with Gasteiger partial charge in [-0.25, -0.2) is 0 Å². The average Bonchev–Trinajstić information content (AvgIpc) is 3.41. The van der Waals surface area contributed by atoms with Gasteiger partial charge in [-0.3, -0.25) is 9.59 Å². The normalized spacial score (nSPS) is 21.3. The lowest BCUT2D eigenvalue weighted by Gasteiger charge is -2.39. The van der Waals surface area contributed by atoms with Crippen molar-refractivity contribution in [2.75, 3.05) is 32.2 Å². The standard InChI is InChI=1S/C17H22N2O4/c1-11-16(20)19(7-6-18(11)17(21)12-4-5-12)13-8-14(22-2)10-15(9-13)23-3/h8-12H,4-7H2,1-3H3. The Balaban J connectivity index is 1.82. The van der Waals surface area contributed by atoms with E-state index in [9.17, 15) is 9.59 Å². The largest absolute Gasteiger partial charge is 0.497 e. The predicted octanol–water partition coefficient (Wildman–Crippen LogP) is 1.68. The van der Waals surface area contributed by atoms with Gasteiger partial charge in [0.1, 0.15) is 17.5 Å². The van der Waals surface area contributed by atoms with Gasteiger partial charge in [0, 0.05) is 37.2 Å². The molecule has 2 fully saturated rings. The van der Waals surface area contributed by atoms with Crippen LogP contribution in [0.1, 0.15) is 19.8 Å². The van der Waals surface area contributed by atoms with E-state index in [-0.39, 0.29) is 17.7 Å². The number of hydrogen-bond donors (Lipinski definition) is 0. The first-order valence-electron chi connectivity index (χ1n) is 7.90. The van der Waals surface area contributed by atoms with Gasteiger partial charge in [0.15, 0.2) is 0 Å². The second-order valence-electron chi connectivity index (χ2n) is 6.04. The van der Waals surface area contributed by atoms with Crippen molar-refractivity contribution in [3.8, 4) is 11.5 Å². The summed E-state index contributed by atoms with van der Waals surface area (Å²) >= 11 is 0. The van der Waals surface area contributed by atoms with E-state index < -0.39 is 6.04 Å². The summed E-state index contributed by atoms with van der Waals surface area (Å²) in [4.78, 5) is 28.4. The second-order valence-corrected chi connectivity index (χ2v) is 6.04. The number of carbonyl (C=O) groups is 2. The van der Waals surface area contributed by atoms with Gasteiger partial charge >= 0.3 is 0 Å². The zero-order valence-electron chi connectivity index (χ0n) is 13.7. The number of carbonyl (C=O) groups excluding carboxylic acids is 2. The van der Waals surface area contributed by atoms with E-state index in [2.05, 4.69) is 0 Å². The van der Waals surface area contributed by atoms with Crippen LogP contribution in [0.25, 0.3) is 0 Å². The fraction of sp³-hybridized carbons (Fsp3) is 0.529. The Labute approximate surface area is 136 Å². The third-order valence-corrected chi connectivity index (χ3v) is 4.51. The maximum absolute atomic E-state index is 12.7. The minimum absolute atomic E-state index is 0.0689. The molecule has 1 aromatic rings. The predicted molar refractivity (Wildman–Crippen MR) is 85.8 cm³/mol. The molecule has 1 saturated carbocycles. The maximum Gasteiger partial charge on any atom is 0.249 e. The van der Waals surface area contributed by atoms with Gasteiger partial charge in [-0.15, -0.1) is 0 Å². The van der Waals surface area contributed by atoms with Crippen molar-refractivity contribution in [2.24, 2.45) is 5.92 Å². The van der Waals surface area contributed by atoms with Gasteiger partial charge in [0.2, 0.25) is 11.8 Å². The van der Waals surface area contributed by atoms with E-state index in [1.54, 1.807) is 37.0 Å². The third kappa shape index (κ3) is 2.98. The van der Waals surface area contributed by atoms with Crippen LogP contribution < -0.4 is 14.4 Å². The number of hydrogen-bond acceptors (Lipinski definition) is 4. The Hall–Kier alpha value is -2.24. The van der Waals surface area contributed by atoms with E-state index in [1.165, 1.54) is 0 Å². The molecule has 124 valence electrons. The summed E-state index contributed by atoms with van der Waals surface area (Å²) in [5, 5.41) is 0. The number of rotatable bonds is 4. The fourth-order valence-corrected chi connectivity index (χ4v) is 2.94. The van der Waals surface area contributed by atoms with E-state index in [1.807, 2.05) is 12.1 Å². The van der Waals surface area contributed by atoms with Crippen LogP contribution in [0.3, 0.4) is 0 Å². The number of anilines is 1. The Kier molecular flexibility index (Phi) is 4.15. The molecular formula is C17H22N2O4. The van der Waals surface area contributed by atoms with Crippen LogP contribution in [-0.4, -0.2) is 50.1 Å². The Morgan fingerprint density at radius 1 is 1.09 bits per heavy atom. The highest BCUT2D eigenvalue weighted by molar-refractivity contribution is 6.00. The van der Waals surface area contributed by atoms with Gasteiger partial charge in [0.05, 0.1) is 19.9 Å². The number of ether oxygens (including phenoxy) is 2. The summed E-state index contributed by atoms with van der Waals surface area (Å²) in [5.74, 6) is 1.45. The third-order valence-electron chi connectivity index (χ3n) is 4.51. The lowest BCUT2D eigenvalue weighted by Crippen LogP contribution is -2.58. The molecule has 0 N–H and O–H groups in total. The van der Waals surface area contributed by atoms with Crippen molar-refractivity contribution in [1.29, 1.82) is 0 Å². The summed E-state index contributed by atoms with van der Waals surface area (Å²) in [5.41, 5.74) is 0.733. The highest BCUT2D eigenvalue weighted by atomic mass is 16.5. The zero-order valence-corrected chi connectivity index (χ0v) is 13.7. The molecule has 0 radical (unpaired) electrons. The zero-order chi connectivity index (χ0) is 16.6. The number of amides is 2. The Morgan fingerprint density at radius 2 is 1.70 bits per heavy atom. The van der Waals surface area contributed by atoms with Crippen molar-refractivity contribution < 1.29 is 19.1 Å². The molecule has 3 rings (SSSR count). The quantitative estimate of drug-likeness (QED) is 0.847. The van der Waals surface area contributed by atoms with Crippen molar-refractivity contribution in [3.05, 3.63) is 18.2 Å². The molecule has 1 aliphatic carbocycles. The molecule has 0 bridgehead atoms. The topological polar surface area (TPSA) is 59.1 Å². The number of methoxy groups -OCH3 is 2. The molecule has 6 heteroatoms. The second kappa shape index (κ2) is 6.10. The van der Waals surface area contributed by atoms with Crippen molar-refractivity contribution in [3.63, 3.8) is 0 Å². The summed E-state index contributed by atoms with van der Waals surface area (Å²) < 4.78 is 10.5. The first-order valence-corrected chi connectivity index (χ1v) is 7.90. The first-order chi connectivity index (χ1) is 11.0. The van der Waals surface area contributed by atoms with Crippen LogP contribution in [-0.2, 0) is 9.59 Å². The fourth-order valence-electron chi connectivity index (χ4n) is 2.94. The lowest BCUT2D eigenvalue weighted by atomic mass is 10.1. The molecule has 1 saturated heterocycles. The molecule has 1 aromatic carbocycles. The smallest absolute Gasteiger partial charge is 0.249 e. The molecule has 2 aliphatic rings. The van der Waals surface area contributed by atoms with Gasteiger partial charge in [0.25, 0.3) is 0 Å². The van der Waals surface area contributed by atoms with Crippen molar-refractivity contribution in [1.82, 2.24) is 4.90 Å². The van der Waals surface area contributed by atoms with E-state index >= 15 is 0 Å². The van der Waals surface area contributed by atoms with Crippen LogP contribution in [0.5, 0.6) is 11.5 Å². The molecule has 2 amide bonds. The number of piperazine rings is 1. The van der Waals surface area contributed by atoms with Gasteiger partial charge in [-0.05, 0) is 19.8 Å². The maximum atomic E-state index is 12.7. The van der Waals surface area contributed by atoms with Crippen LogP contribution in [0, 0.1) is 5.92 Å². The van der Waals surface area contributed by atoms with Crippen LogP contribution in [0.15, 0.2) is 18.2 Å². The highest BCUT2D eigenvalue weighted by Crippen LogP contribution is 2.34. The molecule has 0 aromatic heterocycles. The highest BCUT2D eigenvalue weighted by Gasteiger charge is 2.40. The molecule has 1 unspecified atom stereocenters. The number of nitrogens with zero attached hydrogens (tertiary/aromatic N) is 2. The van der Waals surface area contributed by atoms with E-state index in [4.69, 9.17) is 9.47 Å². The summed E-state index contributed by atoms with van der Waals surface area (Å²) in [6.07, 6.45) is 1.90. The Morgan fingerprint density at radius 3 is 2.22 bits per heavy atom. The van der Waals surface area contributed by atoms with Gasteiger partial charge in [-0.1, -0.05) is 0 Å². The lowest BCUT2D eigenvalue weighted by molar-refractivity contribution is -0.141. The SMILES string of the molecule is COc1cc(OC)cc(N2CCN(C(=O)C3CC3)C(C)C2=O)c1. The molecule has 1 aliphatic heterocycles. The minimum Gasteiger partial charge on any atom is -0.497 e. The van der Waals surface area contributed by atoms with E-state index in [0.29, 0.717) is 24.6 Å². The average molecular weight is 318 g/mol. The van der Waals surface area contributed by atoms with Crippen molar-refractivity contribution >= 4 is 17.5 Å². The molecule has 1 heterocycles. The van der Waals surface area contributed by atoms with Crippen LogP contribution in [0.2, 0.25) is 0 Å². The van der Waals surface area contributed by atoms with Gasteiger partial charge in [-0.2, -0.15) is 0 Å². The van der Waals surface area contributed by atoms with Crippen molar-refractivity contribution in [2.45, 2.75) is 25.8 Å². The van der Waals surface area contributed by atoms with Crippen LogP contribution in [0.4, 0.5) is 5.69 Å². The van der Waals surface area contributed by atoms with E-state index in [0.717, 1.165) is 18.5 Å². The first kappa shape index (κ1) is 15.6. The summed E-state index contributed by atoms with van der Waals surface area (Å²) in [7, 11) is 3.16. The van der Waals surface area contributed by atoms with Gasteiger partial charge < -0.3 is 19.3 Å². The molecular weight excluding hydrogens is 296 g/mol. The Bertz CT molecular complexity index is 605. The minimum atomic E-state index is -0.436.